The topological polar surface area (TPSA) is 25.4 Å². The summed E-state index contributed by atoms with van der Waals surface area (Å²) < 4.78 is 5.69. The van der Waals surface area contributed by atoms with Crippen LogP contribution >= 0.6 is 0 Å². The van der Waals surface area contributed by atoms with Crippen molar-refractivity contribution in [2.24, 2.45) is 0 Å². The third kappa shape index (κ3) is 4.83. The van der Waals surface area contributed by atoms with Gasteiger partial charge in [0.05, 0.1) is 6.61 Å². The number of rotatable bonds is 6. The molecule has 0 amide bonds. The lowest BCUT2D eigenvalue weighted by molar-refractivity contribution is 0.203. The normalized spacial score (nSPS) is 16.8. The lowest BCUT2D eigenvalue weighted by atomic mass is 10.1. The Morgan fingerprint density at radius 1 is 1.21 bits per heavy atom. The molecule has 2 rings (SSSR count). The zero-order valence-corrected chi connectivity index (χ0v) is 12.3. The van der Waals surface area contributed by atoms with Crippen LogP contribution in [-0.4, -0.2) is 36.1 Å². The molecular formula is C16H26N2O. The predicted molar refractivity (Wildman–Crippen MR) is 78.7 cm³/mol. The van der Waals surface area contributed by atoms with Crippen LogP contribution in [0.3, 0.4) is 0 Å². The van der Waals surface area contributed by atoms with Gasteiger partial charge in [-0.25, -0.2) is 4.98 Å². The van der Waals surface area contributed by atoms with Gasteiger partial charge in [0.15, 0.2) is 0 Å². The van der Waals surface area contributed by atoms with E-state index >= 15 is 0 Å². The van der Waals surface area contributed by atoms with E-state index in [0.717, 1.165) is 25.5 Å². The van der Waals surface area contributed by atoms with Crippen molar-refractivity contribution in [2.75, 3.05) is 26.2 Å². The van der Waals surface area contributed by atoms with Crippen molar-refractivity contribution in [3.8, 4) is 5.88 Å². The molecule has 2 heterocycles. The Morgan fingerprint density at radius 3 is 2.63 bits per heavy atom. The molecular weight excluding hydrogens is 236 g/mol. The summed E-state index contributed by atoms with van der Waals surface area (Å²) in [5.41, 5.74) is 1.26. The second-order valence-electron chi connectivity index (χ2n) is 5.69. The number of nitrogens with zero attached hydrogens (tertiary/aromatic N) is 2. The van der Waals surface area contributed by atoms with E-state index < -0.39 is 0 Å². The molecule has 0 atom stereocenters. The number of hydrogen-bond acceptors (Lipinski definition) is 3. The maximum Gasteiger partial charge on any atom is 0.213 e. The van der Waals surface area contributed by atoms with E-state index in [4.69, 9.17) is 4.74 Å². The van der Waals surface area contributed by atoms with E-state index in [9.17, 15) is 0 Å². The fourth-order valence-corrected chi connectivity index (χ4v) is 2.47. The molecule has 0 aromatic carbocycles. The number of aromatic nitrogens is 1. The van der Waals surface area contributed by atoms with E-state index in [0.29, 0.717) is 5.92 Å². The average molecular weight is 262 g/mol. The first-order valence-electron chi connectivity index (χ1n) is 7.57. The van der Waals surface area contributed by atoms with E-state index in [1.165, 1.54) is 37.9 Å². The van der Waals surface area contributed by atoms with Crippen molar-refractivity contribution >= 4 is 0 Å². The summed E-state index contributed by atoms with van der Waals surface area (Å²) in [6.07, 6.45) is 7.13. The van der Waals surface area contributed by atoms with Crippen molar-refractivity contribution in [3.05, 3.63) is 23.9 Å². The van der Waals surface area contributed by atoms with Crippen molar-refractivity contribution in [1.29, 1.82) is 0 Å². The van der Waals surface area contributed by atoms with Gasteiger partial charge in [-0.2, -0.15) is 0 Å². The van der Waals surface area contributed by atoms with Crippen LogP contribution in [0.5, 0.6) is 5.88 Å². The van der Waals surface area contributed by atoms with E-state index in [1.54, 1.807) is 0 Å². The van der Waals surface area contributed by atoms with E-state index in [1.807, 2.05) is 12.3 Å². The Morgan fingerprint density at radius 2 is 2.00 bits per heavy atom. The highest BCUT2D eigenvalue weighted by atomic mass is 16.5. The first-order chi connectivity index (χ1) is 9.25. The van der Waals surface area contributed by atoms with Gasteiger partial charge in [-0.05, 0) is 43.8 Å². The molecule has 19 heavy (non-hydrogen) atoms. The van der Waals surface area contributed by atoms with Gasteiger partial charge in [0.1, 0.15) is 0 Å². The molecule has 1 saturated heterocycles. The zero-order chi connectivity index (χ0) is 13.5. The molecule has 1 fully saturated rings. The average Bonchev–Trinajstić information content (AvgIpc) is 2.45. The fourth-order valence-electron chi connectivity index (χ4n) is 2.47. The number of likely N-dealkylation sites (tertiary alicyclic amines) is 1. The lowest BCUT2D eigenvalue weighted by Crippen LogP contribution is -2.31. The van der Waals surface area contributed by atoms with Crippen LogP contribution in [-0.2, 0) is 0 Å². The second-order valence-corrected chi connectivity index (χ2v) is 5.69. The highest BCUT2D eigenvalue weighted by molar-refractivity contribution is 5.20. The molecule has 0 spiro atoms. The standard InChI is InChI=1S/C16H26N2O/c1-14(2)15-7-8-16(17-13-15)19-12-6-11-18-9-4-3-5-10-18/h7-8,13-14H,3-6,9-12H2,1-2H3. The Hall–Kier alpha value is -1.09. The van der Waals surface area contributed by atoms with Gasteiger partial charge in [0, 0.05) is 18.8 Å². The quantitative estimate of drug-likeness (QED) is 0.734. The highest BCUT2D eigenvalue weighted by Gasteiger charge is 2.09. The Bertz CT molecular complexity index is 356. The summed E-state index contributed by atoms with van der Waals surface area (Å²) in [6.45, 7) is 8.81. The number of hydrogen-bond donors (Lipinski definition) is 0. The summed E-state index contributed by atoms with van der Waals surface area (Å²) in [5.74, 6) is 1.28. The van der Waals surface area contributed by atoms with Gasteiger partial charge in [0.2, 0.25) is 5.88 Å². The molecule has 1 aliphatic heterocycles. The monoisotopic (exact) mass is 262 g/mol. The smallest absolute Gasteiger partial charge is 0.213 e. The zero-order valence-electron chi connectivity index (χ0n) is 12.3. The largest absolute Gasteiger partial charge is 0.478 e. The van der Waals surface area contributed by atoms with Crippen LogP contribution < -0.4 is 4.74 Å². The minimum absolute atomic E-state index is 0.528. The minimum atomic E-state index is 0.528. The summed E-state index contributed by atoms with van der Waals surface area (Å²) in [4.78, 5) is 6.89. The molecule has 0 bridgehead atoms. The van der Waals surface area contributed by atoms with Crippen LogP contribution in [0.1, 0.15) is 51.0 Å². The highest BCUT2D eigenvalue weighted by Crippen LogP contribution is 2.15. The molecule has 3 heteroatoms. The second kappa shape index (κ2) is 7.49. The lowest BCUT2D eigenvalue weighted by Gasteiger charge is -2.26. The van der Waals surface area contributed by atoms with Crippen LogP contribution in [0.25, 0.3) is 0 Å². The van der Waals surface area contributed by atoms with Gasteiger partial charge >= 0.3 is 0 Å². The van der Waals surface area contributed by atoms with Crippen molar-refractivity contribution in [1.82, 2.24) is 9.88 Å². The molecule has 106 valence electrons. The Labute approximate surface area is 117 Å². The van der Waals surface area contributed by atoms with E-state index in [2.05, 4.69) is 29.8 Å². The maximum atomic E-state index is 5.69. The van der Waals surface area contributed by atoms with Crippen molar-refractivity contribution < 1.29 is 4.74 Å². The summed E-state index contributed by atoms with van der Waals surface area (Å²) in [6, 6.07) is 4.09. The molecule has 1 aliphatic rings. The fraction of sp³-hybridized carbons (Fsp3) is 0.688. The molecule has 0 N–H and O–H groups in total. The summed E-state index contributed by atoms with van der Waals surface area (Å²) >= 11 is 0. The van der Waals surface area contributed by atoms with E-state index in [-0.39, 0.29) is 0 Å². The number of pyridine rings is 1. The van der Waals surface area contributed by atoms with Crippen LogP contribution in [0.2, 0.25) is 0 Å². The molecule has 0 aliphatic carbocycles. The summed E-state index contributed by atoms with van der Waals surface area (Å²) in [5, 5.41) is 0. The number of piperidine rings is 1. The Balaban J connectivity index is 1.64. The third-order valence-corrected chi connectivity index (χ3v) is 3.74. The van der Waals surface area contributed by atoms with Gasteiger partial charge in [0.25, 0.3) is 0 Å². The van der Waals surface area contributed by atoms with Crippen molar-refractivity contribution in [2.45, 2.75) is 45.4 Å². The minimum Gasteiger partial charge on any atom is -0.478 e. The predicted octanol–water partition coefficient (Wildman–Crippen LogP) is 3.46. The molecule has 0 unspecified atom stereocenters. The maximum absolute atomic E-state index is 5.69. The van der Waals surface area contributed by atoms with Gasteiger partial charge in [-0.15, -0.1) is 0 Å². The SMILES string of the molecule is CC(C)c1ccc(OCCCN2CCCCC2)nc1. The third-order valence-electron chi connectivity index (χ3n) is 3.74. The van der Waals surface area contributed by atoms with Crippen LogP contribution in [0, 0.1) is 0 Å². The molecule has 1 aromatic rings. The van der Waals surface area contributed by atoms with Crippen LogP contribution in [0.15, 0.2) is 18.3 Å². The first-order valence-corrected chi connectivity index (χ1v) is 7.57. The Kier molecular flexibility index (Phi) is 5.64. The number of ether oxygens (including phenoxy) is 1. The molecule has 0 saturated carbocycles. The van der Waals surface area contributed by atoms with Crippen LogP contribution in [0.4, 0.5) is 0 Å². The molecule has 3 nitrogen and oxygen atoms in total. The van der Waals surface area contributed by atoms with Gasteiger partial charge in [-0.1, -0.05) is 26.3 Å². The van der Waals surface area contributed by atoms with Gasteiger partial charge < -0.3 is 9.64 Å². The first kappa shape index (κ1) is 14.3. The molecule has 0 radical (unpaired) electrons. The molecule has 1 aromatic heterocycles. The summed E-state index contributed by atoms with van der Waals surface area (Å²) in [7, 11) is 0. The van der Waals surface area contributed by atoms with Crippen molar-refractivity contribution in [3.63, 3.8) is 0 Å². The van der Waals surface area contributed by atoms with Gasteiger partial charge in [-0.3, -0.25) is 0 Å².